The van der Waals surface area contributed by atoms with Crippen LogP contribution in [0.2, 0.25) is 0 Å². The van der Waals surface area contributed by atoms with Gasteiger partial charge in [0.15, 0.2) is 5.82 Å². The third-order valence-electron chi connectivity index (χ3n) is 3.29. The molecule has 1 fully saturated rings. The van der Waals surface area contributed by atoms with E-state index >= 15 is 0 Å². The lowest BCUT2D eigenvalue weighted by molar-refractivity contribution is -0.129. The van der Waals surface area contributed by atoms with E-state index in [1.807, 2.05) is 4.90 Å². The van der Waals surface area contributed by atoms with Crippen LogP contribution in [0.25, 0.3) is 5.82 Å². The minimum atomic E-state index is 0.113. The van der Waals surface area contributed by atoms with Gasteiger partial charge in [0.1, 0.15) is 12.7 Å². The highest BCUT2D eigenvalue weighted by atomic mass is 16.2. The number of aromatic nitrogens is 5. The molecule has 1 aliphatic heterocycles. The number of hydrogen-bond donors (Lipinski definition) is 0. The molecule has 0 spiro atoms. The summed E-state index contributed by atoms with van der Waals surface area (Å²) in [6.07, 6.45) is 4.77. The average molecular weight is 273 g/mol. The van der Waals surface area contributed by atoms with Crippen LogP contribution in [0.1, 0.15) is 6.92 Å². The van der Waals surface area contributed by atoms with Crippen molar-refractivity contribution in [2.45, 2.75) is 6.92 Å². The number of nitrogens with zero attached hydrogens (tertiary/aromatic N) is 7. The van der Waals surface area contributed by atoms with Gasteiger partial charge in [0.05, 0.1) is 0 Å². The predicted molar refractivity (Wildman–Crippen MR) is 71.4 cm³/mol. The van der Waals surface area contributed by atoms with Gasteiger partial charge in [0.2, 0.25) is 11.9 Å². The van der Waals surface area contributed by atoms with E-state index in [4.69, 9.17) is 0 Å². The number of carbonyl (C=O) groups excluding carboxylic acids is 1. The Morgan fingerprint density at radius 1 is 1.25 bits per heavy atom. The molecule has 8 heteroatoms. The lowest BCUT2D eigenvalue weighted by Crippen LogP contribution is -2.48. The van der Waals surface area contributed by atoms with E-state index in [9.17, 15) is 4.79 Å². The van der Waals surface area contributed by atoms with Crippen LogP contribution in [0.5, 0.6) is 0 Å². The Kier molecular flexibility index (Phi) is 3.28. The van der Waals surface area contributed by atoms with E-state index in [-0.39, 0.29) is 5.91 Å². The molecule has 0 saturated carbocycles. The lowest BCUT2D eigenvalue weighted by atomic mass is 10.3. The zero-order chi connectivity index (χ0) is 13.9. The maximum absolute atomic E-state index is 11.3. The summed E-state index contributed by atoms with van der Waals surface area (Å²) in [5.41, 5.74) is 0. The van der Waals surface area contributed by atoms with Gasteiger partial charge in [-0.15, -0.1) is 0 Å². The maximum Gasteiger partial charge on any atom is 0.227 e. The molecule has 0 unspecified atom stereocenters. The van der Waals surface area contributed by atoms with Gasteiger partial charge < -0.3 is 9.80 Å². The molecule has 0 atom stereocenters. The number of hydrogen-bond acceptors (Lipinski definition) is 6. The summed E-state index contributed by atoms with van der Waals surface area (Å²) in [5.74, 6) is 1.45. The van der Waals surface area contributed by atoms with Crippen molar-refractivity contribution in [2.24, 2.45) is 0 Å². The van der Waals surface area contributed by atoms with Crippen molar-refractivity contribution in [2.75, 3.05) is 31.1 Å². The van der Waals surface area contributed by atoms with Crippen LogP contribution < -0.4 is 4.90 Å². The monoisotopic (exact) mass is 273 g/mol. The summed E-state index contributed by atoms with van der Waals surface area (Å²) in [5, 5.41) is 4.05. The Labute approximate surface area is 116 Å². The van der Waals surface area contributed by atoms with Crippen molar-refractivity contribution in [3.05, 3.63) is 24.9 Å². The third kappa shape index (κ3) is 2.44. The van der Waals surface area contributed by atoms with Gasteiger partial charge in [-0.05, 0) is 0 Å². The molecule has 0 aliphatic carbocycles. The highest BCUT2D eigenvalue weighted by molar-refractivity contribution is 5.73. The second kappa shape index (κ2) is 5.24. The Morgan fingerprint density at radius 3 is 2.70 bits per heavy atom. The minimum Gasteiger partial charge on any atom is -0.339 e. The molecule has 20 heavy (non-hydrogen) atoms. The van der Waals surface area contributed by atoms with E-state index < -0.39 is 0 Å². The Morgan fingerprint density at radius 2 is 2.05 bits per heavy atom. The number of amides is 1. The van der Waals surface area contributed by atoms with E-state index in [1.54, 1.807) is 30.2 Å². The van der Waals surface area contributed by atoms with Crippen LogP contribution in [0, 0.1) is 0 Å². The van der Waals surface area contributed by atoms with Gasteiger partial charge in [-0.25, -0.2) is 14.6 Å². The number of piperazine rings is 1. The van der Waals surface area contributed by atoms with Crippen molar-refractivity contribution >= 4 is 11.9 Å². The maximum atomic E-state index is 11.3. The van der Waals surface area contributed by atoms with Crippen LogP contribution in [-0.4, -0.2) is 61.7 Å². The molecule has 3 heterocycles. The first kappa shape index (κ1) is 12.5. The zero-order valence-electron chi connectivity index (χ0n) is 11.2. The molecule has 0 bridgehead atoms. The topological polar surface area (TPSA) is 80.0 Å². The fourth-order valence-corrected chi connectivity index (χ4v) is 2.17. The summed E-state index contributed by atoms with van der Waals surface area (Å²) >= 11 is 0. The van der Waals surface area contributed by atoms with Crippen molar-refractivity contribution in [1.29, 1.82) is 0 Å². The minimum absolute atomic E-state index is 0.113. The first-order valence-electron chi connectivity index (χ1n) is 6.42. The largest absolute Gasteiger partial charge is 0.339 e. The average Bonchev–Trinajstić information content (AvgIpc) is 3.02. The number of anilines is 1. The standard InChI is InChI=1S/C12H15N7O/c1-10(20)17-4-6-18(7-5-17)12-14-3-2-11(16-12)19-9-13-8-15-19/h2-3,8-9H,4-7H2,1H3. The fraction of sp³-hybridized carbons (Fsp3) is 0.417. The first-order valence-corrected chi connectivity index (χ1v) is 6.42. The van der Waals surface area contributed by atoms with Crippen molar-refractivity contribution in [3.8, 4) is 5.82 Å². The smallest absolute Gasteiger partial charge is 0.227 e. The summed E-state index contributed by atoms with van der Waals surface area (Å²) in [4.78, 5) is 27.9. The van der Waals surface area contributed by atoms with Crippen LogP contribution in [0.4, 0.5) is 5.95 Å². The summed E-state index contributed by atoms with van der Waals surface area (Å²) < 4.78 is 1.59. The summed E-state index contributed by atoms with van der Waals surface area (Å²) in [7, 11) is 0. The van der Waals surface area contributed by atoms with E-state index in [1.165, 1.54) is 6.33 Å². The highest BCUT2D eigenvalue weighted by Gasteiger charge is 2.20. The second-order valence-corrected chi connectivity index (χ2v) is 4.55. The Bertz CT molecular complexity index is 590. The van der Waals surface area contributed by atoms with E-state index in [0.717, 1.165) is 13.1 Å². The van der Waals surface area contributed by atoms with Gasteiger partial charge in [-0.3, -0.25) is 4.79 Å². The van der Waals surface area contributed by atoms with E-state index in [2.05, 4.69) is 25.0 Å². The number of rotatable bonds is 2. The van der Waals surface area contributed by atoms with Gasteiger partial charge in [-0.1, -0.05) is 0 Å². The van der Waals surface area contributed by atoms with Crippen molar-refractivity contribution in [1.82, 2.24) is 29.6 Å². The molecule has 1 saturated heterocycles. The quantitative estimate of drug-likeness (QED) is 0.749. The predicted octanol–water partition coefficient (Wildman–Crippen LogP) is -0.274. The summed E-state index contributed by atoms with van der Waals surface area (Å²) in [6, 6.07) is 1.78. The normalized spacial score (nSPS) is 15.4. The van der Waals surface area contributed by atoms with Gasteiger partial charge in [0, 0.05) is 45.4 Å². The van der Waals surface area contributed by atoms with Gasteiger partial charge >= 0.3 is 0 Å². The molecule has 8 nitrogen and oxygen atoms in total. The zero-order valence-corrected chi connectivity index (χ0v) is 11.2. The molecule has 2 aromatic heterocycles. The van der Waals surface area contributed by atoms with Crippen LogP contribution >= 0.6 is 0 Å². The molecule has 104 valence electrons. The molecule has 3 rings (SSSR count). The molecule has 0 N–H and O–H groups in total. The van der Waals surface area contributed by atoms with Crippen molar-refractivity contribution < 1.29 is 4.79 Å². The van der Waals surface area contributed by atoms with Gasteiger partial charge in [0.25, 0.3) is 0 Å². The first-order chi connectivity index (χ1) is 9.74. The van der Waals surface area contributed by atoms with Crippen LogP contribution in [0.3, 0.4) is 0 Å². The van der Waals surface area contributed by atoms with Crippen LogP contribution in [0.15, 0.2) is 24.9 Å². The number of carbonyl (C=O) groups is 1. The fourth-order valence-electron chi connectivity index (χ4n) is 2.17. The third-order valence-corrected chi connectivity index (χ3v) is 3.29. The lowest BCUT2D eigenvalue weighted by Gasteiger charge is -2.34. The SMILES string of the molecule is CC(=O)N1CCN(c2nccc(-n3cncn3)n2)CC1. The second-order valence-electron chi connectivity index (χ2n) is 4.55. The van der Waals surface area contributed by atoms with Gasteiger partial charge in [-0.2, -0.15) is 10.1 Å². The molecular weight excluding hydrogens is 258 g/mol. The molecule has 0 radical (unpaired) electrons. The Hall–Kier alpha value is -2.51. The molecule has 1 amide bonds. The highest BCUT2D eigenvalue weighted by Crippen LogP contribution is 2.12. The molecule has 1 aliphatic rings. The van der Waals surface area contributed by atoms with E-state index in [0.29, 0.717) is 24.9 Å². The van der Waals surface area contributed by atoms with Crippen molar-refractivity contribution in [3.63, 3.8) is 0 Å². The summed E-state index contributed by atoms with van der Waals surface area (Å²) in [6.45, 7) is 4.47. The molecular formula is C12H15N7O. The molecule has 0 aromatic carbocycles. The Balaban J connectivity index is 1.75. The van der Waals surface area contributed by atoms with Crippen LogP contribution in [-0.2, 0) is 4.79 Å². The molecule has 2 aromatic rings.